The summed E-state index contributed by atoms with van der Waals surface area (Å²) in [6.45, 7) is 0. The van der Waals surface area contributed by atoms with Crippen molar-refractivity contribution in [3.63, 3.8) is 0 Å². The number of halogens is 2. The zero-order valence-electron chi connectivity index (χ0n) is 9.28. The van der Waals surface area contributed by atoms with E-state index in [0.717, 1.165) is 18.9 Å². The Bertz CT molecular complexity index is 539. The Morgan fingerprint density at radius 3 is 2.89 bits per heavy atom. The molecule has 5 nitrogen and oxygen atoms in total. The van der Waals surface area contributed by atoms with Crippen LogP contribution in [-0.4, -0.2) is 16.9 Å². The quantitative estimate of drug-likeness (QED) is 0.808. The number of primary amides is 1. The van der Waals surface area contributed by atoms with Crippen LogP contribution >= 0.6 is 11.6 Å². The molecule has 0 radical (unpaired) electrons. The number of rotatable bonds is 4. The van der Waals surface area contributed by atoms with E-state index in [4.69, 9.17) is 22.6 Å². The minimum absolute atomic E-state index is 0.0539. The number of anilines is 1. The molecule has 1 heterocycles. The van der Waals surface area contributed by atoms with Crippen molar-refractivity contribution in [3.8, 4) is 6.07 Å². The SMILES string of the molecule is N#Cc1cc(F)c(N[C@@H](C(N)=O)C2CC2)nc1Cl. The molecule has 0 bridgehead atoms. The first-order valence-corrected chi connectivity index (χ1v) is 5.72. The highest BCUT2D eigenvalue weighted by atomic mass is 35.5. The van der Waals surface area contributed by atoms with Gasteiger partial charge in [0.1, 0.15) is 17.3 Å². The molecule has 3 N–H and O–H groups in total. The summed E-state index contributed by atoms with van der Waals surface area (Å²) in [7, 11) is 0. The molecule has 0 unspecified atom stereocenters. The number of amides is 1. The summed E-state index contributed by atoms with van der Waals surface area (Å²) in [5, 5.41) is 11.2. The highest BCUT2D eigenvalue weighted by Gasteiger charge is 2.35. The van der Waals surface area contributed by atoms with Crippen LogP contribution in [0, 0.1) is 23.1 Å². The number of nitriles is 1. The molecular formula is C11H10ClFN4O. The van der Waals surface area contributed by atoms with Gasteiger partial charge in [-0.1, -0.05) is 11.6 Å². The van der Waals surface area contributed by atoms with Crippen LogP contribution in [0.3, 0.4) is 0 Å². The topological polar surface area (TPSA) is 91.8 Å². The van der Waals surface area contributed by atoms with Gasteiger partial charge in [-0.3, -0.25) is 4.79 Å². The number of aromatic nitrogens is 1. The third-order valence-corrected chi connectivity index (χ3v) is 3.03. The maximum Gasteiger partial charge on any atom is 0.240 e. The molecule has 1 atom stereocenters. The maximum absolute atomic E-state index is 13.6. The molecular weight excluding hydrogens is 259 g/mol. The van der Waals surface area contributed by atoms with Crippen LogP contribution in [0.2, 0.25) is 5.15 Å². The first-order valence-electron chi connectivity index (χ1n) is 5.35. The molecule has 1 aromatic rings. The summed E-state index contributed by atoms with van der Waals surface area (Å²) in [5.74, 6) is -1.34. The van der Waals surface area contributed by atoms with E-state index in [0.29, 0.717) is 0 Å². The number of nitrogens with two attached hydrogens (primary N) is 1. The van der Waals surface area contributed by atoms with Crippen molar-refractivity contribution in [1.29, 1.82) is 5.26 Å². The monoisotopic (exact) mass is 268 g/mol. The molecule has 94 valence electrons. The molecule has 1 aromatic heterocycles. The minimum atomic E-state index is -0.733. The first-order chi connectivity index (χ1) is 8.52. The second-order valence-corrected chi connectivity index (χ2v) is 4.49. The summed E-state index contributed by atoms with van der Waals surface area (Å²) < 4.78 is 13.6. The van der Waals surface area contributed by atoms with E-state index in [1.165, 1.54) is 0 Å². The van der Waals surface area contributed by atoms with Gasteiger partial charge in [-0.2, -0.15) is 5.26 Å². The lowest BCUT2D eigenvalue weighted by Crippen LogP contribution is -2.37. The Labute approximate surface area is 108 Å². The van der Waals surface area contributed by atoms with E-state index in [1.807, 2.05) is 0 Å². The molecule has 0 aliphatic heterocycles. The van der Waals surface area contributed by atoms with Crippen LogP contribution in [0.25, 0.3) is 0 Å². The summed E-state index contributed by atoms with van der Waals surface area (Å²) in [6, 6.07) is 2.04. The molecule has 18 heavy (non-hydrogen) atoms. The van der Waals surface area contributed by atoms with Gasteiger partial charge in [-0.15, -0.1) is 0 Å². The largest absolute Gasteiger partial charge is 0.368 e. The van der Waals surface area contributed by atoms with Crippen LogP contribution < -0.4 is 11.1 Å². The molecule has 1 aliphatic rings. The first kappa shape index (κ1) is 12.6. The number of hydrogen-bond acceptors (Lipinski definition) is 4. The minimum Gasteiger partial charge on any atom is -0.368 e. The Morgan fingerprint density at radius 2 is 2.39 bits per heavy atom. The van der Waals surface area contributed by atoms with E-state index >= 15 is 0 Å². The second-order valence-electron chi connectivity index (χ2n) is 4.13. The number of carbonyl (C=O) groups excluding carboxylic acids is 1. The third-order valence-electron chi connectivity index (χ3n) is 2.74. The average molecular weight is 269 g/mol. The molecule has 1 fully saturated rings. The van der Waals surface area contributed by atoms with Crippen LogP contribution in [0.15, 0.2) is 6.07 Å². The van der Waals surface area contributed by atoms with Crippen molar-refractivity contribution in [2.45, 2.75) is 18.9 Å². The van der Waals surface area contributed by atoms with Crippen molar-refractivity contribution < 1.29 is 9.18 Å². The van der Waals surface area contributed by atoms with Gasteiger partial charge in [0.25, 0.3) is 0 Å². The van der Waals surface area contributed by atoms with Gasteiger partial charge in [-0.05, 0) is 24.8 Å². The van der Waals surface area contributed by atoms with E-state index in [2.05, 4.69) is 10.3 Å². The van der Waals surface area contributed by atoms with Gasteiger partial charge in [0, 0.05) is 0 Å². The number of hydrogen-bond donors (Lipinski definition) is 2. The molecule has 7 heteroatoms. The van der Waals surface area contributed by atoms with Gasteiger partial charge < -0.3 is 11.1 Å². The van der Waals surface area contributed by atoms with Crippen molar-refractivity contribution in [2.75, 3.05) is 5.32 Å². The van der Waals surface area contributed by atoms with Gasteiger partial charge >= 0.3 is 0 Å². The molecule has 0 saturated heterocycles. The van der Waals surface area contributed by atoms with E-state index in [1.54, 1.807) is 6.07 Å². The highest BCUT2D eigenvalue weighted by molar-refractivity contribution is 6.30. The molecule has 0 aromatic carbocycles. The fraction of sp³-hybridized carbons (Fsp3) is 0.364. The average Bonchev–Trinajstić information content (AvgIpc) is 3.13. The predicted molar refractivity (Wildman–Crippen MR) is 63.2 cm³/mol. The van der Waals surface area contributed by atoms with Crippen molar-refractivity contribution in [2.24, 2.45) is 11.7 Å². The third kappa shape index (κ3) is 2.51. The summed E-state index contributed by atoms with van der Waals surface area (Å²) in [5.41, 5.74) is 5.18. The maximum atomic E-state index is 13.6. The lowest BCUT2D eigenvalue weighted by atomic mass is 10.1. The molecule has 2 rings (SSSR count). The number of nitrogens with zero attached hydrogens (tertiary/aromatic N) is 2. The lowest BCUT2D eigenvalue weighted by Gasteiger charge is -2.15. The number of carbonyl (C=O) groups is 1. The molecule has 0 spiro atoms. The van der Waals surface area contributed by atoms with Crippen molar-refractivity contribution in [3.05, 3.63) is 22.6 Å². The summed E-state index contributed by atoms with van der Waals surface area (Å²) in [4.78, 5) is 15.0. The van der Waals surface area contributed by atoms with Gasteiger partial charge in [0.15, 0.2) is 11.6 Å². The summed E-state index contributed by atoms with van der Waals surface area (Å²) in [6.07, 6.45) is 1.73. The number of nitrogens with one attached hydrogen (secondary N) is 1. The Balaban J connectivity index is 2.26. The highest BCUT2D eigenvalue weighted by Crippen LogP contribution is 2.34. The van der Waals surface area contributed by atoms with Crippen LogP contribution in [0.1, 0.15) is 18.4 Å². The Hall–Kier alpha value is -1.87. The van der Waals surface area contributed by atoms with Crippen LogP contribution in [0.4, 0.5) is 10.2 Å². The van der Waals surface area contributed by atoms with E-state index in [9.17, 15) is 9.18 Å². The lowest BCUT2D eigenvalue weighted by molar-refractivity contribution is -0.119. The van der Waals surface area contributed by atoms with E-state index in [-0.39, 0.29) is 22.5 Å². The smallest absolute Gasteiger partial charge is 0.240 e. The molecule has 1 saturated carbocycles. The Kier molecular flexibility index (Phi) is 3.34. The zero-order valence-corrected chi connectivity index (χ0v) is 10.0. The Morgan fingerprint density at radius 1 is 1.72 bits per heavy atom. The standard InChI is InChI=1S/C11H10ClFN4O/c12-9-6(4-14)3-7(13)11(17-9)16-8(10(15)18)5-1-2-5/h3,5,8H,1-2H2,(H2,15,18)(H,16,17)/t8-/m1/s1. The predicted octanol–water partition coefficient (Wildman–Crippen LogP) is 1.42. The fourth-order valence-electron chi connectivity index (χ4n) is 1.64. The summed E-state index contributed by atoms with van der Waals surface area (Å²) >= 11 is 5.70. The van der Waals surface area contributed by atoms with Crippen molar-refractivity contribution in [1.82, 2.24) is 4.98 Å². The normalized spacial score (nSPS) is 15.8. The van der Waals surface area contributed by atoms with Gasteiger partial charge in [0.05, 0.1) is 5.56 Å². The second kappa shape index (κ2) is 4.78. The number of pyridine rings is 1. The van der Waals surface area contributed by atoms with Crippen LogP contribution in [0.5, 0.6) is 0 Å². The zero-order chi connectivity index (χ0) is 13.3. The van der Waals surface area contributed by atoms with E-state index < -0.39 is 17.8 Å². The molecule has 1 aliphatic carbocycles. The van der Waals surface area contributed by atoms with Gasteiger partial charge in [-0.25, -0.2) is 9.37 Å². The van der Waals surface area contributed by atoms with Crippen molar-refractivity contribution >= 4 is 23.3 Å². The van der Waals surface area contributed by atoms with Crippen LogP contribution in [-0.2, 0) is 4.79 Å². The van der Waals surface area contributed by atoms with Gasteiger partial charge in [0.2, 0.25) is 5.91 Å². The molecule has 1 amide bonds. The fourth-order valence-corrected chi connectivity index (χ4v) is 1.83.